The number of carbonyl (C=O) groups excluding carboxylic acids is 2. The molecule has 2 heterocycles. The Bertz CT molecular complexity index is 921. The van der Waals surface area contributed by atoms with E-state index in [-0.39, 0.29) is 24.9 Å². The number of hydrogen-bond donors (Lipinski definition) is 1. The average molecular weight is 437 g/mol. The van der Waals surface area contributed by atoms with Crippen LogP contribution in [0.3, 0.4) is 0 Å². The Balaban J connectivity index is 1.59. The molecule has 1 amide bonds. The third-order valence-electron chi connectivity index (χ3n) is 5.00. The first-order valence-corrected chi connectivity index (χ1v) is 11.7. The van der Waals surface area contributed by atoms with Gasteiger partial charge in [0.05, 0.1) is 7.11 Å². The van der Waals surface area contributed by atoms with Crippen molar-refractivity contribution in [3.8, 4) is 0 Å². The summed E-state index contributed by atoms with van der Waals surface area (Å²) < 4.78 is 31.8. The summed E-state index contributed by atoms with van der Waals surface area (Å²) in [5.41, 5.74) is 0.917. The number of piperidine rings is 1. The van der Waals surface area contributed by atoms with Crippen molar-refractivity contribution in [2.75, 3.05) is 20.2 Å². The van der Waals surface area contributed by atoms with Crippen LogP contribution in [0.25, 0.3) is 0 Å². The maximum atomic E-state index is 12.7. The van der Waals surface area contributed by atoms with Crippen LogP contribution in [0, 0.1) is 5.92 Å². The van der Waals surface area contributed by atoms with Gasteiger partial charge in [-0.2, -0.15) is 4.31 Å². The number of ether oxygens (including phenoxy) is 1. The van der Waals surface area contributed by atoms with Gasteiger partial charge in [0, 0.05) is 25.4 Å². The first-order valence-electron chi connectivity index (χ1n) is 9.37. The van der Waals surface area contributed by atoms with Crippen LogP contribution >= 0.6 is 11.3 Å². The number of rotatable bonds is 7. The summed E-state index contributed by atoms with van der Waals surface area (Å²) in [5, 5.41) is 4.52. The van der Waals surface area contributed by atoms with Gasteiger partial charge in [0.15, 0.2) is 0 Å². The molecule has 1 atom stereocenters. The van der Waals surface area contributed by atoms with Crippen molar-refractivity contribution in [1.29, 1.82) is 0 Å². The lowest BCUT2D eigenvalue weighted by molar-refractivity contribution is -0.145. The Morgan fingerprint density at radius 2 is 1.86 bits per heavy atom. The van der Waals surface area contributed by atoms with E-state index >= 15 is 0 Å². The average Bonchev–Trinajstić information content (AvgIpc) is 3.29. The van der Waals surface area contributed by atoms with Gasteiger partial charge < -0.3 is 10.1 Å². The molecule has 0 saturated carbocycles. The second kappa shape index (κ2) is 9.51. The van der Waals surface area contributed by atoms with Crippen LogP contribution in [0.5, 0.6) is 0 Å². The Morgan fingerprint density at radius 3 is 2.45 bits per heavy atom. The topological polar surface area (TPSA) is 92.8 Å². The van der Waals surface area contributed by atoms with Crippen LogP contribution in [0.1, 0.15) is 18.4 Å². The fraction of sp³-hybridized carbons (Fsp3) is 0.400. The van der Waals surface area contributed by atoms with Gasteiger partial charge in [-0.25, -0.2) is 13.2 Å². The van der Waals surface area contributed by atoms with E-state index in [1.165, 1.54) is 22.8 Å². The van der Waals surface area contributed by atoms with Gasteiger partial charge in [0.25, 0.3) is 10.0 Å². The molecule has 2 aromatic rings. The molecular weight excluding hydrogens is 412 g/mol. The van der Waals surface area contributed by atoms with Crippen molar-refractivity contribution in [2.24, 2.45) is 5.92 Å². The van der Waals surface area contributed by atoms with Gasteiger partial charge >= 0.3 is 5.97 Å². The quantitative estimate of drug-likeness (QED) is 0.671. The zero-order valence-corrected chi connectivity index (χ0v) is 17.7. The zero-order chi connectivity index (χ0) is 20.9. The van der Waals surface area contributed by atoms with Crippen LogP contribution in [0.2, 0.25) is 0 Å². The van der Waals surface area contributed by atoms with Gasteiger partial charge in [-0.3, -0.25) is 4.79 Å². The zero-order valence-electron chi connectivity index (χ0n) is 16.1. The summed E-state index contributed by atoms with van der Waals surface area (Å²) in [6, 6.07) is 11.9. The number of thiophene rings is 1. The van der Waals surface area contributed by atoms with E-state index in [4.69, 9.17) is 4.74 Å². The number of nitrogens with zero attached hydrogens (tertiary/aromatic N) is 1. The highest BCUT2D eigenvalue weighted by atomic mass is 32.2. The maximum absolute atomic E-state index is 12.7. The number of hydrogen-bond acceptors (Lipinski definition) is 6. The van der Waals surface area contributed by atoms with E-state index in [1.807, 2.05) is 30.3 Å². The highest BCUT2D eigenvalue weighted by Crippen LogP contribution is 2.26. The molecule has 0 radical (unpaired) electrons. The predicted molar refractivity (Wildman–Crippen MR) is 110 cm³/mol. The van der Waals surface area contributed by atoms with Gasteiger partial charge in [-0.05, 0) is 29.9 Å². The van der Waals surface area contributed by atoms with E-state index < -0.39 is 22.0 Å². The summed E-state index contributed by atoms with van der Waals surface area (Å²) in [6.07, 6.45) is 1.16. The molecule has 1 saturated heterocycles. The van der Waals surface area contributed by atoms with E-state index in [2.05, 4.69) is 5.32 Å². The predicted octanol–water partition coefficient (Wildman–Crippen LogP) is 2.05. The van der Waals surface area contributed by atoms with E-state index in [9.17, 15) is 18.0 Å². The Morgan fingerprint density at radius 1 is 1.17 bits per heavy atom. The summed E-state index contributed by atoms with van der Waals surface area (Å²) in [7, 11) is -2.21. The van der Waals surface area contributed by atoms with Gasteiger partial charge in [0.1, 0.15) is 10.3 Å². The summed E-state index contributed by atoms with van der Waals surface area (Å²) in [6.45, 7) is 0.555. The van der Waals surface area contributed by atoms with Gasteiger partial charge in [-0.15, -0.1) is 11.3 Å². The normalized spacial score (nSPS) is 16.9. The maximum Gasteiger partial charge on any atom is 0.328 e. The molecular formula is C20H24N2O5S2. The fourth-order valence-electron chi connectivity index (χ4n) is 3.37. The molecule has 1 N–H and O–H groups in total. The van der Waals surface area contributed by atoms with Crippen molar-refractivity contribution in [3.05, 3.63) is 53.4 Å². The van der Waals surface area contributed by atoms with Crippen molar-refractivity contribution in [2.45, 2.75) is 29.5 Å². The molecule has 29 heavy (non-hydrogen) atoms. The summed E-state index contributed by atoms with van der Waals surface area (Å²) >= 11 is 1.19. The molecule has 3 rings (SSSR count). The van der Waals surface area contributed by atoms with Crippen LogP contribution in [-0.2, 0) is 30.8 Å². The van der Waals surface area contributed by atoms with Crippen LogP contribution in [0.15, 0.2) is 52.1 Å². The number of amides is 1. The molecule has 1 aliphatic heterocycles. The molecule has 1 aliphatic rings. The van der Waals surface area contributed by atoms with Crippen molar-refractivity contribution < 1.29 is 22.7 Å². The molecule has 1 aromatic carbocycles. The number of benzene rings is 1. The van der Waals surface area contributed by atoms with Crippen molar-refractivity contribution >= 4 is 33.2 Å². The number of methoxy groups -OCH3 is 1. The lowest BCUT2D eigenvalue weighted by atomic mass is 9.96. The highest BCUT2D eigenvalue weighted by Gasteiger charge is 2.34. The van der Waals surface area contributed by atoms with Crippen LogP contribution < -0.4 is 5.32 Å². The molecule has 0 unspecified atom stereocenters. The first kappa shape index (κ1) is 21.5. The van der Waals surface area contributed by atoms with Gasteiger partial charge in [-0.1, -0.05) is 36.4 Å². The molecule has 0 spiro atoms. The summed E-state index contributed by atoms with van der Waals surface area (Å²) in [4.78, 5) is 24.8. The lowest BCUT2D eigenvalue weighted by Gasteiger charge is -2.30. The number of sulfonamides is 1. The summed E-state index contributed by atoms with van der Waals surface area (Å²) in [5.74, 6) is -1.09. The largest absolute Gasteiger partial charge is 0.467 e. The van der Waals surface area contributed by atoms with E-state index in [0.29, 0.717) is 23.5 Å². The molecule has 1 aromatic heterocycles. The minimum atomic E-state index is -3.50. The Kier molecular flexibility index (Phi) is 7.05. The minimum Gasteiger partial charge on any atom is -0.467 e. The van der Waals surface area contributed by atoms with Crippen molar-refractivity contribution in [1.82, 2.24) is 9.62 Å². The second-order valence-electron chi connectivity index (χ2n) is 6.88. The minimum absolute atomic E-state index is 0.246. The van der Waals surface area contributed by atoms with E-state index in [1.54, 1.807) is 17.5 Å². The SMILES string of the molecule is COC(=O)[C@H](Cc1ccccc1)NC(=O)C1CCN(S(=O)(=O)c2cccs2)CC1. The third-order valence-corrected chi connectivity index (χ3v) is 8.27. The lowest BCUT2D eigenvalue weighted by Crippen LogP contribution is -2.48. The molecule has 7 nitrogen and oxygen atoms in total. The van der Waals surface area contributed by atoms with Crippen molar-refractivity contribution in [3.63, 3.8) is 0 Å². The third kappa shape index (κ3) is 5.23. The van der Waals surface area contributed by atoms with Gasteiger partial charge in [0.2, 0.25) is 5.91 Å². The van der Waals surface area contributed by atoms with E-state index in [0.717, 1.165) is 5.56 Å². The number of nitrogens with one attached hydrogen (secondary N) is 1. The number of esters is 1. The molecule has 9 heteroatoms. The smallest absolute Gasteiger partial charge is 0.328 e. The Hall–Kier alpha value is -2.23. The molecule has 156 valence electrons. The number of carbonyl (C=O) groups is 2. The highest BCUT2D eigenvalue weighted by molar-refractivity contribution is 7.91. The Labute approximate surface area is 174 Å². The van der Waals surface area contributed by atoms with Crippen LogP contribution in [-0.4, -0.2) is 50.8 Å². The molecule has 0 aliphatic carbocycles. The fourth-order valence-corrected chi connectivity index (χ4v) is 5.99. The first-order chi connectivity index (χ1) is 13.9. The molecule has 1 fully saturated rings. The second-order valence-corrected chi connectivity index (χ2v) is 10.00. The monoisotopic (exact) mass is 436 g/mol. The van der Waals surface area contributed by atoms with Crippen LogP contribution in [0.4, 0.5) is 0 Å². The molecule has 0 bridgehead atoms. The standard InChI is InChI=1S/C20H24N2O5S2/c1-27-20(24)17(14-15-6-3-2-4-7-15)21-19(23)16-9-11-22(12-10-16)29(25,26)18-8-5-13-28-18/h2-8,13,16-17H,9-12,14H2,1H3,(H,21,23)/t17-/m0/s1.